The molecular formula is C8H10N2OS. The molecule has 64 valence electrons. The number of terminal acetylenes is 1. The van der Waals surface area contributed by atoms with Gasteiger partial charge < -0.3 is 4.98 Å². The van der Waals surface area contributed by atoms with Gasteiger partial charge in [-0.3, -0.25) is 4.57 Å². The highest BCUT2D eigenvalue weighted by Gasteiger charge is 1.93. The van der Waals surface area contributed by atoms with Gasteiger partial charge in [-0.25, -0.2) is 4.79 Å². The molecule has 1 heterocycles. The molecule has 0 amide bonds. The smallest absolute Gasteiger partial charge is 0.313 e. The van der Waals surface area contributed by atoms with E-state index >= 15 is 0 Å². The van der Waals surface area contributed by atoms with Crippen molar-refractivity contribution in [3.05, 3.63) is 22.9 Å². The number of aromatic nitrogens is 2. The zero-order chi connectivity index (χ0) is 8.81. The van der Waals surface area contributed by atoms with Crippen LogP contribution < -0.4 is 5.69 Å². The molecule has 0 aliphatic rings. The maximum atomic E-state index is 10.9. The molecule has 0 radical (unpaired) electrons. The predicted octanol–water partition coefficient (Wildman–Crippen LogP) is 0.543. The summed E-state index contributed by atoms with van der Waals surface area (Å²) < 4.78 is 1.63. The molecule has 4 heteroatoms. The molecule has 0 atom stereocenters. The number of aryl methyl sites for hydroxylation is 1. The Morgan fingerprint density at radius 1 is 1.75 bits per heavy atom. The number of rotatable bonds is 4. The molecule has 0 aliphatic carbocycles. The molecule has 0 aromatic carbocycles. The molecule has 1 aromatic heterocycles. The maximum absolute atomic E-state index is 10.9. The Morgan fingerprint density at radius 2 is 2.58 bits per heavy atom. The monoisotopic (exact) mass is 182 g/mol. The van der Waals surface area contributed by atoms with Crippen LogP contribution in [0.25, 0.3) is 0 Å². The van der Waals surface area contributed by atoms with Crippen molar-refractivity contribution in [2.45, 2.75) is 6.54 Å². The third-order valence-corrected chi connectivity index (χ3v) is 2.23. The van der Waals surface area contributed by atoms with Gasteiger partial charge in [0.15, 0.2) is 0 Å². The quantitative estimate of drug-likeness (QED) is 0.545. The van der Waals surface area contributed by atoms with E-state index in [1.165, 1.54) is 0 Å². The summed E-state index contributed by atoms with van der Waals surface area (Å²) in [5.41, 5.74) is -0.0590. The van der Waals surface area contributed by atoms with Crippen LogP contribution in [-0.2, 0) is 6.54 Å². The molecule has 0 bridgehead atoms. The fourth-order valence-corrected chi connectivity index (χ4v) is 1.41. The van der Waals surface area contributed by atoms with Gasteiger partial charge in [0, 0.05) is 24.7 Å². The number of nitrogens with one attached hydrogen (secondary N) is 1. The first-order valence-corrected chi connectivity index (χ1v) is 4.75. The van der Waals surface area contributed by atoms with Crippen molar-refractivity contribution in [3.8, 4) is 12.3 Å². The van der Waals surface area contributed by atoms with Crippen molar-refractivity contribution < 1.29 is 0 Å². The minimum Gasteiger partial charge on any atom is -0.313 e. The van der Waals surface area contributed by atoms with E-state index in [-0.39, 0.29) is 5.69 Å². The van der Waals surface area contributed by atoms with Gasteiger partial charge in [-0.15, -0.1) is 18.2 Å². The van der Waals surface area contributed by atoms with Gasteiger partial charge >= 0.3 is 5.69 Å². The largest absolute Gasteiger partial charge is 0.325 e. The van der Waals surface area contributed by atoms with Gasteiger partial charge in [-0.05, 0) is 0 Å². The summed E-state index contributed by atoms with van der Waals surface area (Å²) in [5.74, 6) is 4.11. The van der Waals surface area contributed by atoms with E-state index in [0.717, 1.165) is 5.75 Å². The van der Waals surface area contributed by atoms with Gasteiger partial charge in [0.05, 0.1) is 5.75 Å². The average molecular weight is 182 g/mol. The van der Waals surface area contributed by atoms with Crippen LogP contribution in [0, 0.1) is 12.3 Å². The van der Waals surface area contributed by atoms with Crippen molar-refractivity contribution in [2.75, 3.05) is 11.5 Å². The number of hydrogen-bond donors (Lipinski definition) is 1. The van der Waals surface area contributed by atoms with Crippen molar-refractivity contribution in [2.24, 2.45) is 0 Å². The Hall–Kier alpha value is -1.08. The molecule has 1 aromatic rings. The van der Waals surface area contributed by atoms with Crippen molar-refractivity contribution >= 4 is 11.8 Å². The van der Waals surface area contributed by atoms with Crippen molar-refractivity contribution in [1.29, 1.82) is 0 Å². The Kier molecular flexibility index (Phi) is 3.55. The van der Waals surface area contributed by atoms with E-state index in [1.54, 1.807) is 28.7 Å². The lowest BCUT2D eigenvalue weighted by atomic mass is 10.7. The van der Waals surface area contributed by atoms with Crippen LogP contribution in [-0.4, -0.2) is 21.1 Å². The molecule has 0 spiro atoms. The number of thioether (sulfide) groups is 1. The second-order valence-electron chi connectivity index (χ2n) is 2.22. The third-order valence-electron chi connectivity index (χ3n) is 1.38. The minimum atomic E-state index is -0.0590. The van der Waals surface area contributed by atoms with Crippen molar-refractivity contribution in [3.63, 3.8) is 0 Å². The normalized spacial score (nSPS) is 9.58. The first-order chi connectivity index (χ1) is 5.84. The first kappa shape index (κ1) is 9.01. The highest BCUT2D eigenvalue weighted by molar-refractivity contribution is 7.99. The Morgan fingerprint density at radius 3 is 3.17 bits per heavy atom. The van der Waals surface area contributed by atoms with Crippen LogP contribution in [0.5, 0.6) is 0 Å². The molecule has 0 aliphatic heterocycles. The molecule has 0 unspecified atom stereocenters. The molecular weight excluding hydrogens is 172 g/mol. The summed E-state index contributed by atoms with van der Waals surface area (Å²) >= 11 is 1.65. The Balaban J connectivity index is 2.30. The second-order valence-corrected chi connectivity index (χ2v) is 3.32. The van der Waals surface area contributed by atoms with Gasteiger partial charge in [-0.1, -0.05) is 5.92 Å². The zero-order valence-electron chi connectivity index (χ0n) is 6.62. The number of hydrogen-bond acceptors (Lipinski definition) is 2. The summed E-state index contributed by atoms with van der Waals surface area (Å²) in [6.07, 6.45) is 8.44. The first-order valence-electron chi connectivity index (χ1n) is 3.59. The molecule has 1 rings (SSSR count). The standard InChI is InChI=1S/C8H10N2OS/c1-2-6-12-7-5-10-4-3-9-8(10)11/h1,3-4H,5-7H2,(H,9,11). The van der Waals surface area contributed by atoms with Crippen molar-refractivity contribution in [1.82, 2.24) is 9.55 Å². The lowest BCUT2D eigenvalue weighted by Gasteiger charge is -1.97. The zero-order valence-corrected chi connectivity index (χ0v) is 7.43. The number of nitrogens with zero attached hydrogens (tertiary/aromatic N) is 1. The number of H-pyrrole nitrogens is 1. The topological polar surface area (TPSA) is 37.8 Å². The molecule has 3 nitrogen and oxygen atoms in total. The fourth-order valence-electron chi connectivity index (χ4n) is 0.819. The molecule has 0 saturated heterocycles. The van der Waals surface area contributed by atoms with Crippen LogP contribution >= 0.6 is 11.8 Å². The molecule has 1 N–H and O–H groups in total. The second kappa shape index (κ2) is 4.73. The van der Waals surface area contributed by atoms with Crippen LogP contribution in [0.15, 0.2) is 17.2 Å². The van der Waals surface area contributed by atoms with E-state index in [1.807, 2.05) is 0 Å². The van der Waals surface area contributed by atoms with Gasteiger partial charge in [0.1, 0.15) is 0 Å². The van der Waals surface area contributed by atoms with Gasteiger partial charge in [-0.2, -0.15) is 0 Å². The lowest BCUT2D eigenvalue weighted by molar-refractivity contribution is 0.738. The van der Waals surface area contributed by atoms with E-state index < -0.39 is 0 Å². The lowest BCUT2D eigenvalue weighted by Crippen LogP contribution is -2.17. The number of imidazole rings is 1. The predicted molar refractivity (Wildman–Crippen MR) is 51.2 cm³/mol. The molecule has 12 heavy (non-hydrogen) atoms. The molecule has 0 fully saturated rings. The molecule has 0 saturated carbocycles. The highest BCUT2D eigenvalue weighted by Crippen LogP contribution is 1.98. The Bertz CT molecular complexity index is 320. The summed E-state index contributed by atoms with van der Waals surface area (Å²) in [6.45, 7) is 0.717. The van der Waals surface area contributed by atoms with E-state index in [2.05, 4.69) is 10.9 Å². The van der Waals surface area contributed by atoms with Crippen LogP contribution in [0.2, 0.25) is 0 Å². The summed E-state index contributed by atoms with van der Waals surface area (Å²) in [7, 11) is 0. The Labute approximate surface area is 75.2 Å². The fraction of sp³-hybridized carbons (Fsp3) is 0.375. The van der Waals surface area contributed by atoms with Crippen LogP contribution in [0.4, 0.5) is 0 Å². The maximum Gasteiger partial charge on any atom is 0.325 e. The number of aromatic amines is 1. The SMILES string of the molecule is C#CCSCCn1cc[nH]c1=O. The summed E-state index contributed by atoms with van der Waals surface area (Å²) in [4.78, 5) is 13.5. The van der Waals surface area contributed by atoms with Gasteiger partial charge in [0.2, 0.25) is 0 Å². The summed E-state index contributed by atoms with van der Waals surface area (Å²) in [5, 5.41) is 0. The van der Waals surface area contributed by atoms with Gasteiger partial charge in [0.25, 0.3) is 0 Å². The van der Waals surface area contributed by atoms with E-state index in [0.29, 0.717) is 12.3 Å². The highest BCUT2D eigenvalue weighted by atomic mass is 32.2. The minimum absolute atomic E-state index is 0.0590. The van der Waals surface area contributed by atoms with E-state index in [9.17, 15) is 4.79 Å². The van der Waals surface area contributed by atoms with Crippen LogP contribution in [0.3, 0.4) is 0 Å². The summed E-state index contributed by atoms with van der Waals surface area (Å²) in [6, 6.07) is 0. The third kappa shape index (κ3) is 2.51. The average Bonchev–Trinajstić information content (AvgIpc) is 2.46. The van der Waals surface area contributed by atoms with Crippen LogP contribution in [0.1, 0.15) is 0 Å². The van der Waals surface area contributed by atoms with E-state index in [4.69, 9.17) is 6.42 Å².